The van der Waals surface area contributed by atoms with Crippen LogP contribution in [0.5, 0.6) is 5.75 Å². The lowest BCUT2D eigenvalue weighted by molar-refractivity contribution is -0.274. The van der Waals surface area contributed by atoms with Crippen molar-refractivity contribution >= 4 is 11.7 Å². The zero-order chi connectivity index (χ0) is 16.2. The van der Waals surface area contributed by atoms with Crippen LogP contribution in [0.15, 0.2) is 24.3 Å². The van der Waals surface area contributed by atoms with Crippen molar-refractivity contribution in [2.45, 2.75) is 12.8 Å². The molecule has 0 unspecified atom stereocenters. The van der Waals surface area contributed by atoms with Gasteiger partial charge in [0, 0.05) is 18.8 Å². The minimum absolute atomic E-state index is 0.326. The first kappa shape index (κ1) is 16.4. The lowest BCUT2D eigenvalue weighted by atomic mass is 10.1. The highest BCUT2D eigenvalue weighted by Crippen LogP contribution is 2.23. The van der Waals surface area contributed by atoms with Crippen molar-refractivity contribution in [3.05, 3.63) is 24.3 Å². The number of halogens is 3. The summed E-state index contributed by atoms with van der Waals surface area (Å²) in [5, 5.41) is 5.33. The molecule has 1 heterocycles. The molecule has 1 aromatic carbocycles. The number of rotatable bonds is 4. The van der Waals surface area contributed by atoms with Crippen molar-refractivity contribution in [1.82, 2.24) is 10.2 Å². The molecule has 0 aliphatic carbocycles. The number of hydrogen-bond acceptors (Lipinski definition) is 3. The second-order valence-corrected chi connectivity index (χ2v) is 5.32. The third kappa shape index (κ3) is 5.44. The molecule has 22 heavy (non-hydrogen) atoms. The van der Waals surface area contributed by atoms with E-state index in [0.29, 0.717) is 18.2 Å². The number of likely N-dealkylation sites (tertiary alicyclic amines) is 1. The minimum Gasteiger partial charge on any atom is -0.406 e. The third-order valence-corrected chi connectivity index (χ3v) is 3.39. The predicted molar refractivity (Wildman–Crippen MR) is 75.8 cm³/mol. The molecule has 0 spiro atoms. The smallest absolute Gasteiger partial charge is 0.406 e. The third-order valence-electron chi connectivity index (χ3n) is 3.39. The summed E-state index contributed by atoms with van der Waals surface area (Å²) in [6, 6.07) is 4.62. The van der Waals surface area contributed by atoms with E-state index in [1.54, 1.807) is 0 Å². The second-order valence-electron chi connectivity index (χ2n) is 5.32. The Kier molecular flexibility index (Phi) is 5.12. The Labute approximate surface area is 126 Å². The average molecular weight is 317 g/mol. The molecule has 1 saturated heterocycles. The first-order valence-corrected chi connectivity index (χ1v) is 6.91. The number of anilines is 1. The molecule has 0 radical (unpaired) electrons. The number of benzene rings is 1. The Morgan fingerprint density at radius 2 is 2.05 bits per heavy atom. The van der Waals surface area contributed by atoms with Crippen molar-refractivity contribution < 1.29 is 22.7 Å². The average Bonchev–Trinajstić information content (AvgIpc) is 2.83. The molecule has 0 aromatic heterocycles. The maximum absolute atomic E-state index is 12.0. The van der Waals surface area contributed by atoms with Crippen molar-refractivity contribution in [2.75, 3.05) is 32.0 Å². The molecule has 2 N–H and O–H groups in total. The minimum atomic E-state index is -4.72. The molecular weight excluding hydrogens is 299 g/mol. The number of urea groups is 1. The summed E-state index contributed by atoms with van der Waals surface area (Å²) in [5.74, 6) is 0.103. The van der Waals surface area contributed by atoms with E-state index in [2.05, 4.69) is 20.3 Å². The Morgan fingerprint density at radius 3 is 2.59 bits per heavy atom. The van der Waals surface area contributed by atoms with Crippen LogP contribution in [0.4, 0.5) is 23.7 Å². The van der Waals surface area contributed by atoms with Crippen LogP contribution in [0.3, 0.4) is 0 Å². The van der Waals surface area contributed by atoms with Gasteiger partial charge in [0.1, 0.15) is 5.75 Å². The number of carbonyl (C=O) groups excluding carboxylic acids is 1. The molecule has 8 heteroatoms. The van der Waals surface area contributed by atoms with E-state index in [4.69, 9.17) is 0 Å². The van der Waals surface area contributed by atoms with Gasteiger partial charge in [-0.25, -0.2) is 4.79 Å². The number of nitrogens with one attached hydrogen (secondary N) is 2. The predicted octanol–water partition coefficient (Wildman–Crippen LogP) is 2.66. The summed E-state index contributed by atoms with van der Waals surface area (Å²) in [5.41, 5.74) is 0.399. The van der Waals surface area contributed by atoms with Gasteiger partial charge in [0.2, 0.25) is 0 Å². The Morgan fingerprint density at radius 1 is 1.36 bits per heavy atom. The molecular formula is C14H18F3N3O2. The van der Waals surface area contributed by atoms with E-state index in [9.17, 15) is 18.0 Å². The summed E-state index contributed by atoms with van der Waals surface area (Å²) < 4.78 is 39.8. The maximum Gasteiger partial charge on any atom is 0.573 e. The van der Waals surface area contributed by atoms with Crippen LogP contribution in [-0.4, -0.2) is 44.0 Å². The van der Waals surface area contributed by atoms with Crippen molar-refractivity contribution in [3.8, 4) is 5.75 Å². The molecule has 2 amide bonds. The fourth-order valence-corrected chi connectivity index (χ4v) is 2.35. The van der Waals surface area contributed by atoms with E-state index in [1.807, 2.05) is 7.05 Å². The highest BCUT2D eigenvalue weighted by molar-refractivity contribution is 5.89. The summed E-state index contributed by atoms with van der Waals surface area (Å²) in [7, 11) is 2.03. The summed E-state index contributed by atoms with van der Waals surface area (Å²) in [6.45, 7) is 2.55. The Balaban J connectivity index is 1.76. The van der Waals surface area contributed by atoms with Crippen LogP contribution in [0.1, 0.15) is 6.42 Å². The van der Waals surface area contributed by atoms with Gasteiger partial charge in [-0.15, -0.1) is 13.2 Å². The first-order chi connectivity index (χ1) is 10.3. The maximum atomic E-state index is 12.0. The molecule has 2 rings (SSSR count). The van der Waals surface area contributed by atoms with Crippen LogP contribution in [-0.2, 0) is 0 Å². The lowest BCUT2D eigenvalue weighted by Gasteiger charge is -2.13. The molecule has 1 aliphatic rings. The van der Waals surface area contributed by atoms with E-state index >= 15 is 0 Å². The number of hydrogen-bond donors (Lipinski definition) is 2. The Hall–Kier alpha value is -1.96. The molecule has 1 atom stereocenters. The molecule has 1 fully saturated rings. The number of alkyl halides is 3. The fraction of sp³-hybridized carbons (Fsp3) is 0.500. The molecule has 1 aliphatic heterocycles. The van der Waals surface area contributed by atoms with E-state index in [1.165, 1.54) is 12.1 Å². The summed E-state index contributed by atoms with van der Waals surface area (Å²) in [6.07, 6.45) is -3.68. The zero-order valence-electron chi connectivity index (χ0n) is 12.1. The zero-order valence-corrected chi connectivity index (χ0v) is 12.1. The fourth-order valence-electron chi connectivity index (χ4n) is 2.35. The van der Waals surface area contributed by atoms with Crippen molar-refractivity contribution in [3.63, 3.8) is 0 Å². The van der Waals surface area contributed by atoms with Crippen LogP contribution in [0, 0.1) is 5.92 Å². The van der Waals surface area contributed by atoms with E-state index in [0.717, 1.165) is 31.6 Å². The standard InChI is InChI=1S/C14H18F3N3O2/c1-20-7-6-10(9-20)8-18-13(21)19-11-2-4-12(5-3-11)22-14(15,16)17/h2-5,10H,6-9H2,1H3,(H2,18,19,21)/t10-/m1/s1. The molecule has 122 valence electrons. The Bertz CT molecular complexity index is 505. The lowest BCUT2D eigenvalue weighted by Crippen LogP contribution is -2.33. The van der Waals surface area contributed by atoms with Gasteiger partial charge in [0.15, 0.2) is 0 Å². The van der Waals surface area contributed by atoms with Gasteiger partial charge in [0.25, 0.3) is 0 Å². The number of nitrogens with zero attached hydrogens (tertiary/aromatic N) is 1. The SMILES string of the molecule is CN1CC[C@H](CNC(=O)Nc2ccc(OC(F)(F)F)cc2)C1. The van der Waals surface area contributed by atoms with E-state index in [-0.39, 0.29) is 11.8 Å². The van der Waals surface area contributed by atoms with Gasteiger partial charge in [-0.2, -0.15) is 0 Å². The molecule has 0 saturated carbocycles. The molecule has 0 bridgehead atoms. The topological polar surface area (TPSA) is 53.6 Å². The molecule has 5 nitrogen and oxygen atoms in total. The summed E-state index contributed by atoms with van der Waals surface area (Å²) >= 11 is 0. The highest BCUT2D eigenvalue weighted by atomic mass is 19.4. The van der Waals surface area contributed by atoms with Crippen LogP contribution < -0.4 is 15.4 Å². The first-order valence-electron chi connectivity index (χ1n) is 6.91. The van der Waals surface area contributed by atoms with Gasteiger partial charge in [-0.1, -0.05) is 0 Å². The quantitative estimate of drug-likeness (QED) is 0.898. The summed E-state index contributed by atoms with van der Waals surface area (Å²) in [4.78, 5) is 13.9. The van der Waals surface area contributed by atoms with Gasteiger partial charge >= 0.3 is 12.4 Å². The largest absolute Gasteiger partial charge is 0.573 e. The van der Waals surface area contributed by atoms with Crippen molar-refractivity contribution in [2.24, 2.45) is 5.92 Å². The van der Waals surface area contributed by atoms with Crippen LogP contribution in [0.2, 0.25) is 0 Å². The van der Waals surface area contributed by atoms with Crippen molar-refractivity contribution in [1.29, 1.82) is 0 Å². The van der Waals surface area contributed by atoms with Gasteiger partial charge in [-0.05, 0) is 50.2 Å². The van der Waals surface area contributed by atoms with Gasteiger partial charge in [-0.3, -0.25) is 0 Å². The normalized spacial score (nSPS) is 19.0. The highest BCUT2D eigenvalue weighted by Gasteiger charge is 2.31. The van der Waals surface area contributed by atoms with Gasteiger partial charge < -0.3 is 20.3 Å². The second kappa shape index (κ2) is 6.87. The number of carbonyl (C=O) groups is 1. The number of ether oxygens (including phenoxy) is 1. The van der Waals surface area contributed by atoms with Crippen LogP contribution in [0.25, 0.3) is 0 Å². The van der Waals surface area contributed by atoms with Gasteiger partial charge in [0.05, 0.1) is 0 Å². The van der Waals surface area contributed by atoms with E-state index < -0.39 is 6.36 Å². The molecule has 1 aromatic rings. The number of amides is 2. The monoisotopic (exact) mass is 317 g/mol. The van der Waals surface area contributed by atoms with Crippen LogP contribution >= 0.6 is 0 Å².